The first-order valence-corrected chi connectivity index (χ1v) is 4.14. The van der Waals surface area contributed by atoms with Gasteiger partial charge in [-0.25, -0.2) is 12.1 Å². The van der Waals surface area contributed by atoms with Crippen molar-refractivity contribution in [2.24, 2.45) is 0 Å². The number of unbranched alkanes of at least 4 members (excludes halogenated alkanes) is 2. The second kappa shape index (κ2) is 12.8. The number of hydrogen-bond donors (Lipinski definition) is 0. The van der Waals surface area contributed by atoms with Crippen molar-refractivity contribution in [2.45, 2.75) is 32.6 Å². The van der Waals surface area contributed by atoms with E-state index in [1.165, 1.54) is 31.2 Å². The van der Waals surface area contributed by atoms with Crippen molar-refractivity contribution in [2.75, 3.05) is 0 Å². The van der Waals surface area contributed by atoms with Crippen LogP contribution in [-0.4, -0.2) is 0 Å². The summed E-state index contributed by atoms with van der Waals surface area (Å²) in [5.74, 6) is 0. The van der Waals surface area contributed by atoms with Crippen molar-refractivity contribution in [3.63, 3.8) is 0 Å². The van der Waals surface area contributed by atoms with Crippen LogP contribution in [0, 0.1) is 0 Å². The molecule has 0 aliphatic rings. The fourth-order valence-electron chi connectivity index (χ4n) is 1.16. The summed E-state index contributed by atoms with van der Waals surface area (Å²) in [6, 6.07) is 8.63. The molecule has 0 N–H and O–H groups in total. The Labute approximate surface area is 113 Å². The van der Waals surface area contributed by atoms with Gasteiger partial charge in [-0.15, -0.1) is 0 Å². The molecule has 73 valence electrons. The van der Waals surface area contributed by atoms with Crippen LogP contribution in [0.3, 0.4) is 0 Å². The molecule has 0 nitrogen and oxygen atoms in total. The third kappa shape index (κ3) is 9.13. The first-order valence-electron chi connectivity index (χ1n) is 4.14. The van der Waals surface area contributed by atoms with Gasteiger partial charge in [-0.2, -0.15) is 17.7 Å². The first kappa shape index (κ1) is 19.4. The van der Waals surface area contributed by atoms with Gasteiger partial charge in [0.05, 0.1) is 0 Å². The minimum Gasteiger partial charge on any atom is -1.00 e. The van der Waals surface area contributed by atoms with Gasteiger partial charge in [0.25, 0.3) is 0 Å². The van der Waals surface area contributed by atoms with Crippen LogP contribution in [0.25, 0.3) is 0 Å². The monoisotopic (exact) mass is 295 g/mol. The van der Waals surface area contributed by atoms with E-state index < -0.39 is 0 Å². The standard InChI is InChI=1S/C10H15.2ClH.Zr/c1-2-3-4-7-10-8-5-6-9-10;;;/h5-6,8-9H,2-4,7H2,1H3;2*1H;/q-1;;;+3/p-2. The molecule has 1 aromatic carbocycles. The van der Waals surface area contributed by atoms with Crippen molar-refractivity contribution in [1.29, 1.82) is 0 Å². The van der Waals surface area contributed by atoms with Crippen molar-refractivity contribution >= 4 is 0 Å². The number of hydrogen-bond acceptors (Lipinski definition) is 0. The predicted molar refractivity (Wildman–Crippen MR) is 45.3 cm³/mol. The molecule has 0 unspecified atom stereocenters. The van der Waals surface area contributed by atoms with Crippen molar-refractivity contribution in [3.05, 3.63) is 29.8 Å². The molecule has 0 fully saturated rings. The largest absolute Gasteiger partial charge is 3.00 e. The second-order valence-electron chi connectivity index (χ2n) is 2.75. The molecule has 13 heavy (non-hydrogen) atoms. The molecule has 1 rings (SSSR count). The fraction of sp³-hybridized carbons (Fsp3) is 0.500. The van der Waals surface area contributed by atoms with Gasteiger partial charge in [-0.05, 0) is 0 Å². The smallest absolute Gasteiger partial charge is 1.00 e. The molecule has 0 heterocycles. The second-order valence-corrected chi connectivity index (χ2v) is 2.75. The molecule has 0 saturated heterocycles. The Kier molecular flexibility index (Phi) is 19.1. The van der Waals surface area contributed by atoms with E-state index in [0.29, 0.717) is 0 Å². The van der Waals surface area contributed by atoms with Gasteiger partial charge in [0.1, 0.15) is 0 Å². The van der Waals surface area contributed by atoms with E-state index in [1.807, 2.05) is 0 Å². The summed E-state index contributed by atoms with van der Waals surface area (Å²) in [4.78, 5) is 0. The van der Waals surface area contributed by atoms with Crippen LogP contribution in [0.15, 0.2) is 24.3 Å². The summed E-state index contributed by atoms with van der Waals surface area (Å²) in [6.45, 7) is 2.24. The molecule has 3 heteroatoms. The van der Waals surface area contributed by atoms with E-state index in [-0.39, 0.29) is 51.0 Å². The average Bonchev–Trinajstić information content (AvgIpc) is 2.41. The van der Waals surface area contributed by atoms with Gasteiger partial charge in [-0.3, -0.25) is 0 Å². The van der Waals surface area contributed by atoms with Gasteiger partial charge in [0, 0.05) is 0 Å². The Bertz CT molecular complexity index is 161. The van der Waals surface area contributed by atoms with E-state index in [1.54, 1.807) is 0 Å². The molecule has 0 atom stereocenters. The molecule has 1 aromatic rings. The predicted octanol–water partition coefficient (Wildman–Crippen LogP) is -2.86. The van der Waals surface area contributed by atoms with Gasteiger partial charge in [0.2, 0.25) is 0 Å². The maximum absolute atomic E-state index is 2.24. The van der Waals surface area contributed by atoms with E-state index in [9.17, 15) is 0 Å². The van der Waals surface area contributed by atoms with Crippen molar-refractivity contribution in [1.82, 2.24) is 0 Å². The minimum absolute atomic E-state index is 0. The Morgan fingerprint density at radius 3 is 2.00 bits per heavy atom. The van der Waals surface area contributed by atoms with Crippen LogP contribution in [0.1, 0.15) is 31.7 Å². The average molecular weight is 297 g/mol. The van der Waals surface area contributed by atoms with E-state index >= 15 is 0 Å². The van der Waals surface area contributed by atoms with Gasteiger partial charge >= 0.3 is 26.2 Å². The Morgan fingerprint density at radius 2 is 1.54 bits per heavy atom. The molecular formula is C10H15Cl2Zr. The van der Waals surface area contributed by atoms with Crippen LogP contribution in [0.5, 0.6) is 0 Å². The molecule has 0 spiro atoms. The first-order chi connectivity index (χ1) is 4.93. The third-order valence-corrected chi connectivity index (χ3v) is 1.80. The summed E-state index contributed by atoms with van der Waals surface area (Å²) in [5, 5.41) is 0. The molecule has 0 bridgehead atoms. The molecule has 0 amide bonds. The summed E-state index contributed by atoms with van der Waals surface area (Å²) >= 11 is 0. The Morgan fingerprint density at radius 1 is 1.00 bits per heavy atom. The Hall–Kier alpha value is 0.813. The molecule has 0 aliphatic heterocycles. The van der Waals surface area contributed by atoms with Gasteiger partial charge in [-0.1, -0.05) is 32.6 Å². The summed E-state index contributed by atoms with van der Waals surface area (Å²) in [5.41, 5.74) is 1.49. The molecule has 0 aromatic heterocycles. The topological polar surface area (TPSA) is 0 Å². The summed E-state index contributed by atoms with van der Waals surface area (Å²) in [7, 11) is 0. The van der Waals surface area contributed by atoms with Crippen LogP contribution >= 0.6 is 0 Å². The van der Waals surface area contributed by atoms with E-state index in [4.69, 9.17) is 0 Å². The van der Waals surface area contributed by atoms with Crippen LogP contribution in [0.4, 0.5) is 0 Å². The van der Waals surface area contributed by atoms with E-state index in [0.717, 1.165) is 0 Å². The molecular weight excluding hydrogens is 282 g/mol. The summed E-state index contributed by atoms with van der Waals surface area (Å²) < 4.78 is 0. The number of rotatable bonds is 4. The molecule has 0 aliphatic carbocycles. The maximum atomic E-state index is 2.24. The summed E-state index contributed by atoms with van der Waals surface area (Å²) in [6.07, 6.45) is 5.30. The van der Waals surface area contributed by atoms with Crippen LogP contribution in [0.2, 0.25) is 0 Å². The number of aryl methyl sites for hydroxylation is 1. The zero-order chi connectivity index (χ0) is 7.23. The van der Waals surface area contributed by atoms with Gasteiger partial charge in [0.15, 0.2) is 0 Å². The van der Waals surface area contributed by atoms with E-state index in [2.05, 4.69) is 31.2 Å². The maximum Gasteiger partial charge on any atom is 3.00 e. The normalized spacial score (nSPS) is 7.77. The number of halogens is 2. The van der Waals surface area contributed by atoms with Crippen LogP contribution < -0.4 is 24.8 Å². The van der Waals surface area contributed by atoms with Crippen LogP contribution in [-0.2, 0) is 32.6 Å². The Balaban J connectivity index is -0.000000333. The molecule has 0 saturated carbocycles. The zero-order valence-corrected chi connectivity index (χ0v) is 11.9. The minimum atomic E-state index is 0. The fourth-order valence-corrected chi connectivity index (χ4v) is 1.16. The quantitative estimate of drug-likeness (QED) is 0.414. The SMILES string of the molecule is CCCCC[c-]1cccc1.[Cl-].[Cl-].[Zr+3]. The van der Waals surface area contributed by atoms with Crippen molar-refractivity contribution in [3.8, 4) is 0 Å². The van der Waals surface area contributed by atoms with Crippen molar-refractivity contribution < 1.29 is 51.0 Å². The molecule has 1 radical (unpaired) electrons. The van der Waals surface area contributed by atoms with Gasteiger partial charge < -0.3 is 24.8 Å². The zero-order valence-electron chi connectivity index (χ0n) is 7.89. The third-order valence-electron chi connectivity index (χ3n) is 1.80.